The first-order valence-electron chi connectivity index (χ1n) is 8.07. The summed E-state index contributed by atoms with van der Waals surface area (Å²) in [4.78, 5) is 9.92. The van der Waals surface area contributed by atoms with Crippen LogP contribution in [0.2, 0.25) is 0 Å². The van der Waals surface area contributed by atoms with E-state index >= 15 is 0 Å². The van der Waals surface area contributed by atoms with Crippen LogP contribution in [-0.2, 0) is 0 Å². The quantitative estimate of drug-likeness (QED) is 0.514. The van der Waals surface area contributed by atoms with Crippen LogP contribution in [0.1, 0.15) is 5.82 Å². The summed E-state index contributed by atoms with van der Waals surface area (Å²) < 4.78 is 19.3. The summed E-state index contributed by atoms with van der Waals surface area (Å²) >= 11 is 1.55. The smallest absolute Gasteiger partial charge is 0.146 e. The number of ether oxygens (including phenoxy) is 1. The molecule has 0 radical (unpaired) electrons. The average molecular weight is 365 g/mol. The number of thiophene rings is 1. The SMILES string of the molecule is COc1ccc(-c2csc3nc(C)nc(Nc4ccccc4F)c23)cc1. The van der Waals surface area contributed by atoms with Gasteiger partial charge in [0.2, 0.25) is 0 Å². The van der Waals surface area contributed by atoms with Crippen molar-refractivity contribution < 1.29 is 9.13 Å². The molecule has 0 saturated carbocycles. The molecule has 2 aromatic heterocycles. The number of anilines is 2. The van der Waals surface area contributed by atoms with Gasteiger partial charge >= 0.3 is 0 Å². The van der Waals surface area contributed by atoms with Gasteiger partial charge in [-0.05, 0) is 36.8 Å². The lowest BCUT2D eigenvalue weighted by Gasteiger charge is -2.10. The van der Waals surface area contributed by atoms with Crippen LogP contribution in [0.5, 0.6) is 5.75 Å². The van der Waals surface area contributed by atoms with Crippen molar-refractivity contribution in [1.29, 1.82) is 0 Å². The highest BCUT2D eigenvalue weighted by molar-refractivity contribution is 7.17. The topological polar surface area (TPSA) is 47.0 Å². The first-order valence-corrected chi connectivity index (χ1v) is 8.95. The van der Waals surface area contributed by atoms with Crippen LogP contribution in [0.3, 0.4) is 0 Å². The lowest BCUT2D eigenvalue weighted by atomic mass is 10.1. The standard InChI is InChI=1S/C20H16FN3OS/c1-12-22-19(24-17-6-4-3-5-16(17)21)18-15(11-26-20(18)23-12)13-7-9-14(25-2)10-8-13/h3-11H,1-2H3,(H,22,23,24). The molecular weight excluding hydrogens is 349 g/mol. The van der Waals surface area contributed by atoms with Gasteiger partial charge in [-0.3, -0.25) is 0 Å². The van der Waals surface area contributed by atoms with Crippen LogP contribution in [0.25, 0.3) is 21.3 Å². The van der Waals surface area contributed by atoms with Crippen LogP contribution < -0.4 is 10.1 Å². The number of benzene rings is 2. The Hall–Kier alpha value is -2.99. The van der Waals surface area contributed by atoms with Gasteiger partial charge in [0.05, 0.1) is 18.2 Å². The van der Waals surface area contributed by atoms with Gasteiger partial charge in [-0.1, -0.05) is 24.3 Å². The summed E-state index contributed by atoms with van der Waals surface area (Å²) in [7, 11) is 1.64. The number of para-hydroxylation sites is 1. The Morgan fingerprint density at radius 2 is 1.81 bits per heavy atom. The minimum Gasteiger partial charge on any atom is -0.497 e. The molecule has 6 heteroatoms. The molecule has 0 atom stereocenters. The van der Waals surface area contributed by atoms with E-state index in [2.05, 4.69) is 15.3 Å². The second kappa shape index (κ2) is 6.72. The number of aromatic nitrogens is 2. The minimum atomic E-state index is -0.321. The van der Waals surface area contributed by atoms with Crippen molar-refractivity contribution in [2.45, 2.75) is 6.92 Å². The van der Waals surface area contributed by atoms with Crippen molar-refractivity contribution in [3.63, 3.8) is 0 Å². The molecule has 0 bridgehead atoms. The first-order chi connectivity index (χ1) is 12.7. The Bertz CT molecular complexity index is 1080. The Kier molecular flexibility index (Phi) is 4.26. The highest BCUT2D eigenvalue weighted by Gasteiger charge is 2.15. The fourth-order valence-corrected chi connectivity index (χ4v) is 3.80. The molecule has 26 heavy (non-hydrogen) atoms. The minimum absolute atomic E-state index is 0.321. The van der Waals surface area contributed by atoms with Gasteiger partial charge in [0.15, 0.2) is 0 Å². The van der Waals surface area contributed by atoms with Crippen molar-refractivity contribution in [3.05, 3.63) is 65.6 Å². The predicted molar refractivity (Wildman–Crippen MR) is 104 cm³/mol. The maximum atomic E-state index is 14.1. The zero-order valence-electron chi connectivity index (χ0n) is 14.3. The number of aryl methyl sites for hydroxylation is 1. The molecule has 0 saturated heterocycles. The second-order valence-corrected chi connectivity index (χ2v) is 6.64. The maximum Gasteiger partial charge on any atom is 0.146 e. The number of hydrogen-bond acceptors (Lipinski definition) is 5. The van der Waals surface area contributed by atoms with Gasteiger partial charge in [0, 0.05) is 10.9 Å². The predicted octanol–water partition coefficient (Wildman–Crippen LogP) is 5.56. The molecule has 0 aliphatic carbocycles. The maximum absolute atomic E-state index is 14.1. The molecule has 1 N–H and O–H groups in total. The summed E-state index contributed by atoms with van der Waals surface area (Å²) in [6.45, 7) is 1.83. The summed E-state index contributed by atoms with van der Waals surface area (Å²) in [5.74, 6) is 1.72. The summed E-state index contributed by atoms with van der Waals surface area (Å²) in [5, 5.41) is 6.06. The summed E-state index contributed by atoms with van der Waals surface area (Å²) in [5.41, 5.74) is 2.42. The third-order valence-electron chi connectivity index (χ3n) is 4.07. The van der Waals surface area contributed by atoms with Crippen LogP contribution >= 0.6 is 11.3 Å². The third-order valence-corrected chi connectivity index (χ3v) is 4.95. The van der Waals surface area contributed by atoms with E-state index in [0.717, 1.165) is 27.1 Å². The van der Waals surface area contributed by atoms with Gasteiger partial charge in [0.1, 0.15) is 28.0 Å². The molecule has 0 spiro atoms. The number of nitrogens with one attached hydrogen (secondary N) is 1. The normalized spacial score (nSPS) is 10.9. The van der Waals surface area contributed by atoms with Crippen molar-refractivity contribution in [3.8, 4) is 16.9 Å². The molecular formula is C20H16FN3OS. The Morgan fingerprint density at radius 3 is 2.54 bits per heavy atom. The fourth-order valence-electron chi connectivity index (χ4n) is 2.81. The van der Waals surface area contributed by atoms with E-state index in [1.165, 1.54) is 6.07 Å². The molecule has 4 rings (SSSR count). The number of fused-ring (bicyclic) bond motifs is 1. The molecule has 0 fully saturated rings. The number of nitrogens with zero attached hydrogens (tertiary/aromatic N) is 2. The number of methoxy groups -OCH3 is 1. The monoisotopic (exact) mass is 365 g/mol. The molecule has 0 aliphatic heterocycles. The molecule has 0 aliphatic rings. The van der Waals surface area contributed by atoms with E-state index in [-0.39, 0.29) is 5.82 Å². The van der Waals surface area contributed by atoms with Crippen LogP contribution in [0.4, 0.5) is 15.9 Å². The Labute approximate surface area is 154 Å². The van der Waals surface area contributed by atoms with Crippen molar-refractivity contribution in [1.82, 2.24) is 9.97 Å². The Balaban J connectivity index is 1.86. The van der Waals surface area contributed by atoms with Crippen LogP contribution in [0, 0.1) is 12.7 Å². The molecule has 2 heterocycles. The summed E-state index contributed by atoms with van der Waals surface area (Å²) in [6, 6.07) is 14.4. The molecule has 4 aromatic rings. The second-order valence-electron chi connectivity index (χ2n) is 5.78. The van der Waals surface area contributed by atoms with Crippen molar-refractivity contribution in [2.24, 2.45) is 0 Å². The highest BCUT2D eigenvalue weighted by Crippen LogP contribution is 2.38. The van der Waals surface area contributed by atoms with Crippen molar-refractivity contribution in [2.75, 3.05) is 12.4 Å². The Morgan fingerprint density at radius 1 is 1.04 bits per heavy atom. The van der Waals surface area contributed by atoms with Crippen molar-refractivity contribution >= 4 is 33.1 Å². The van der Waals surface area contributed by atoms with E-state index < -0.39 is 0 Å². The zero-order chi connectivity index (χ0) is 18.1. The van der Waals surface area contributed by atoms with Gasteiger partial charge in [-0.2, -0.15) is 0 Å². The van der Waals surface area contributed by atoms with E-state index in [0.29, 0.717) is 17.3 Å². The zero-order valence-corrected chi connectivity index (χ0v) is 15.1. The molecule has 130 valence electrons. The lowest BCUT2D eigenvalue weighted by Crippen LogP contribution is -2.00. The van der Waals surface area contributed by atoms with Crippen LogP contribution in [0.15, 0.2) is 53.9 Å². The van der Waals surface area contributed by atoms with Gasteiger partial charge in [-0.25, -0.2) is 14.4 Å². The molecule has 2 aromatic carbocycles. The van der Waals surface area contributed by atoms with E-state index in [4.69, 9.17) is 4.74 Å². The van der Waals surface area contributed by atoms with Crippen LogP contribution in [-0.4, -0.2) is 17.1 Å². The average Bonchev–Trinajstić information content (AvgIpc) is 3.07. The summed E-state index contributed by atoms with van der Waals surface area (Å²) in [6.07, 6.45) is 0. The van der Waals surface area contributed by atoms with E-state index in [1.54, 1.807) is 36.6 Å². The highest BCUT2D eigenvalue weighted by atomic mass is 32.1. The third kappa shape index (κ3) is 2.99. The van der Waals surface area contributed by atoms with E-state index in [1.807, 2.05) is 36.6 Å². The number of hydrogen-bond donors (Lipinski definition) is 1. The van der Waals surface area contributed by atoms with Gasteiger partial charge < -0.3 is 10.1 Å². The molecule has 0 amide bonds. The molecule has 0 unspecified atom stereocenters. The lowest BCUT2D eigenvalue weighted by molar-refractivity contribution is 0.415. The fraction of sp³-hybridized carbons (Fsp3) is 0.100. The first kappa shape index (κ1) is 16.5. The molecule has 4 nitrogen and oxygen atoms in total. The van der Waals surface area contributed by atoms with E-state index in [9.17, 15) is 4.39 Å². The number of rotatable bonds is 4. The van der Waals surface area contributed by atoms with Gasteiger partial charge in [0.25, 0.3) is 0 Å². The largest absolute Gasteiger partial charge is 0.497 e. The number of halogens is 1. The van der Waals surface area contributed by atoms with Gasteiger partial charge in [-0.15, -0.1) is 11.3 Å².